The number of hydrogen-bond acceptors (Lipinski definition) is 3. The summed E-state index contributed by atoms with van der Waals surface area (Å²) in [6.07, 6.45) is 2.28. The van der Waals surface area contributed by atoms with Crippen LogP contribution in [0.4, 0.5) is 0 Å². The molecular weight excluding hydrogens is 296 g/mol. The Morgan fingerprint density at radius 3 is 2.82 bits per heavy atom. The number of benzene rings is 1. The van der Waals surface area contributed by atoms with E-state index in [1.54, 1.807) is 0 Å². The zero-order valence-corrected chi connectivity index (χ0v) is 13.2. The second-order valence-electron chi connectivity index (χ2n) is 5.41. The Morgan fingerprint density at radius 2 is 2.18 bits per heavy atom. The Hall–Kier alpha value is -2.21. The van der Waals surface area contributed by atoms with Crippen molar-refractivity contribution in [1.82, 2.24) is 15.4 Å². The maximum Gasteiger partial charge on any atom is 0.270 e. The molecule has 22 heavy (non-hydrogen) atoms. The molecule has 3 N–H and O–H groups in total. The van der Waals surface area contributed by atoms with Gasteiger partial charge in [0.15, 0.2) is 5.11 Å². The highest BCUT2D eigenvalue weighted by Gasteiger charge is 2.27. The van der Waals surface area contributed by atoms with Gasteiger partial charge in [-0.15, -0.1) is 0 Å². The van der Waals surface area contributed by atoms with Crippen LogP contribution in [0.1, 0.15) is 41.7 Å². The number of nitrogens with one attached hydrogen (secondary N) is 1. The van der Waals surface area contributed by atoms with Crippen LogP contribution in [-0.4, -0.2) is 27.6 Å². The first-order valence-electron chi connectivity index (χ1n) is 7.37. The minimum atomic E-state index is -0.213. The van der Waals surface area contributed by atoms with Gasteiger partial charge in [0.2, 0.25) is 0 Å². The molecule has 1 fully saturated rings. The van der Waals surface area contributed by atoms with Gasteiger partial charge in [0, 0.05) is 23.5 Å². The number of nitrogens with two attached hydrogens (primary N) is 1. The van der Waals surface area contributed by atoms with Gasteiger partial charge < -0.3 is 5.73 Å². The number of hydrogen-bond donors (Lipinski definition) is 2. The molecule has 5 nitrogen and oxygen atoms in total. The molecule has 1 amide bonds. The quantitative estimate of drug-likeness (QED) is 0.672. The van der Waals surface area contributed by atoms with E-state index in [4.69, 9.17) is 18.0 Å². The number of pyridine rings is 1. The van der Waals surface area contributed by atoms with Gasteiger partial charge in [-0.2, -0.15) is 0 Å². The Morgan fingerprint density at radius 1 is 1.45 bits per heavy atom. The van der Waals surface area contributed by atoms with E-state index in [1.165, 1.54) is 5.01 Å². The predicted molar refractivity (Wildman–Crippen MR) is 90.3 cm³/mol. The fourth-order valence-electron chi connectivity index (χ4n) is 2.44. The molecule has 0 aliphatic heterocycles. The number of carbonyl (C=O) groups is 1. The highest BCUT2D eigenvalue weighted by Crippen LogP contribution is 2.40. The van der Waals surface area contributed by atoms with Crippen LogP contribution in [0.2, 0.25) is 0 Å². The molecule has 0 atom stereocenters. The average Bonchev–Trinajstić information content (AvgIpc) is 3.35. The molecule has 0 bridgehead atoms. The summed E-state index contributed by atoms with van der Waals surface area (Å²) < 4.78 is 0. The average molecular weight is 314 g/mol. The first-order valence-corrected chi connectivity index (χ1v) is 7.78. The van der Waals surface area contributed by atoms with Crippen molar-refractivity contribution in [2.75, 3.05) is 6.54 Å². The second kappa shape index (κ2) is 5.88. The van der Waals surface area contributed by atoms with E-state index in [9.17, 15) is 4.79 Å². The van der Waals surface area contributed by atoms with Gasteiger partial charge in [-0.05, 0) is 44.1 Å². The summed E-state index contributed by atoms with van der Waals surface area (Å²) in [6.45, 7) is 2.39. The highest BCUT2D eigenvalue weighted by molar-refractivity contribution is 7.80. The molecule has 1 saturated carbocycles. The van der Waals surface area contributed by atoms with Gasteiger partial charge in [-0.3, -0.25) is 20.2 Å². The summed E-state index contributed by atoms with van der Waals surface area (Å²) in [5.41, 5.74) is 10.8. The van der Waals surface area contributed by atoms with Gasteiger partial charge in [0.05, 0.1) is 11.1 Å². The van der Waals surface area contributed by atoms with Gasteiger partial charge in [0.1, 0.15) is 0 Å². The van der Waals surface area contributed by atoms with Crippen molar-refractivity contribution in [3.63, 3.8) is 0 Å². The van der Waals surface area contributed by atoms with Crippen LogP contribution in [0.3, 0.4) is 0 Å². The first-order chi connectivity index (χ1) is 10.6. The minimum absolute atomic E-state index is 0.150. The summed E-state index contributed by atoms with van der Waals surface area (Å²) in [6, 6.07) is 9.57. The minimum Gasteiger partial charge on any atom is -0.375 e. The van der Waals surface area contributed by atoms with E-state index >= 15 is 0 Å². The first kappa shape index (κ1) is 14.7. The van der Waals surface area contributed by atoms with Gasteiger partial charge in [-0.25, -0.2) is 0 Å². The molecule has 114 valence electrons. The standard InChI is InChI=1S/C16H18N4OS/c1-2-20(16(17)22)19-15(21)12-9-14(10-7-8-10)18-13-6-4-3-5-11(12)13/h3-6,9-10H,2,7-8H2,1H3,(H2,17,22)(H,19,21). The number of aromatic nitrogens is 1. The van der Waals surface area contributed by atoms with E-state index < -0.39 is 0 Å². The van der Waals surface area contributed by atoms with Crippen molar-refractivity contribution in [2.24, 2.45) is 5.73 Å². The summed E-state index contributed by atoms with van der Waals surface area (Å²) >= 11 is 4.93. The topological polar surface area (TPSA) is 71.2 Å². The van der Waals surface area contributed by atoms with Gasteiger partial charge in [-0.1, -0.05) is 18.2 Å². The van der Waals surface area contributed by atoms with Crippen LogP contribution in [-0.2, 0) is 0 Å². The smallest absolute Gasteiger partial charge is 0.270 e. The van der Waals surface area contributed by atoms with E-state index in [0.29, 0.717) is 18.0 Å². The van der Waals surface area contributed by atoms with Crippen molar-refractivity contribution in [3.8, 4) is 0 Å². The number of carbonyl (C=O) groups excluding carboxylic acids is 1. The number of fused-ring (bicyclic) bond motifs is 1. The predicted octanol–water partition coefficient (Wildman–Crippen LogP) is 2.32. The maximum atomic E-state index is 12.6. The summed E-state index contributed by atoms with van der Waals surface area (Å²) in [5, 5.41) is 2.45. The van der Waals surface area contributed by atoms with E-state index in [-0.39, 0.29) is 11.0 Å². The summed E-state index contributed by atoms with van der Waals surface area (Å²) in [7, 11) is 0. The van der Waals surface area contributed by atoms with Crippen LogP contribution in [0.15, 0.2) is 30.3 Å². The van der Waals surface area contributed by atoms with Crippen molar-refractivity contribution in [3.05, 3.63) is 41.6 Å². The summed E-state index contributed by atoms with van der Waals surface area (Å²) in [5.74, 6) is 0.268. The number of amides is 1. The molecule has 0 saturated heterocycles. The Bertz CT molecular complexity index is 742. The lowest BCUT2D eigenvalue weighted by Gasteiger charge is -2.22. The van der Waals surface area contributed by atoms with Crippen molar-refractivity contribution < 1.29 is 4.79 Å². The number of rotatable bonds is 3. The Labute approximate surface area is 134 Å². The fourth-order valence-corrected chi connectivity index (χ4v) is 2.62. The molecule has 3 rings (SSSR count). The van der Waals surface area contributed by atoms with Crippen molar-refractivity contribution in [2.45, 2.75) is 25.7 Å². The third kappa shape index (κ3) is 2.87. The molecule has 1 aromatic carbocycles. The molecule has 0 spiro atoms. The molecule has 1 aromatic heterocycles. The largest absolute Gasteiger partial charge is 0.375 e. The number of thiocarbonyl (C=S) groups is 1. The third-order valence-corrected chi connectivity index (χ3v) is 4.02. The number of para-hydroxylation sites is 1. The monoisotopic (exact) mass is 314 g/mol. The lowest BCUT2D eigenvalue weighted by Crippen LogP contribution is -2.48. The Kier molecular flexibility index (Phi) is 3.94. The maximum absolute atomic E-state index is 12.6. The van der Waals surface area contributed by atoms with E-state index in [0.717, 1.165) is 29.4 Å². The van der Waals surface area contributed by atoms with Crippen LogP contribution < -0.4 is 11.2 Å². The molecule has 0 radical (unpaired) electrons. The highest BCUT2D eigenvalue weighted by atomic mass is 32.1. The van der Waals surface area contributed by atoms with Crippen molar-refractivity contribution in [1.29, 1.82) is 0 Å². The molecule has 1 aliphatic carbocycles. The van der Waals surface area contributed by atoms with E-state index in [1.807, 2.05) is 37.3 Å². The second-order valence-corrected chi connectivity index (χ2v) is 5.83. The van der Waals surface area contributed by atoms with Crippen LogP contribution in [0, 0.1) is 0 Å². The number of hydrazine groups is 1. The number of nitrogens with zero attached hydrogens (tertiary/aromatic N) is 2. The van der Waals surface area contributed by atoms with Gasteiger partial charge >= 0.3 is 0 Å². The van der Waals surface area contributed by atoms with Crippen molar-refractivity contribution >= 4 is 34.1 Å². The molecule has 0 unspecified atom stereocenters. The lowest BCUT2D eigenvalue weighted by molar-refractivity contribution is 0.0876. The lowest BCUT2D eigenvalue weighted by atomic mass is 10.1. The van der Waals surface area contributed by atoms with Crippen LogP contribution >= 0.6 is 12.2 Å². The summed E-state index contributed by atoms with van der Waals surface area (Å²) in [4.78, 5) is 17.3. The zero-order chi connectivity index (χ0) is 15.7. The van der Waals surface area contributed by atoms with Gasteiger partial charge in [0.25, 0.3) is 5.91 Å². The molecule has 6 heteroatoms. The molecule has 1 heterocycles. The SMILES string of the molecule is CCN(NC(=O)c1cc(C2CC2)nc2ccccc12)C(N)=S. The van der Waals surface area contributed by atoms with Crippen LogP contribution in [0.25, 0.3) is 10.9 Å². The third-order valence-electron chi connectivity index (χ3n) is 3.80. The van der Waals surface area contributed by atoms with Crippen LogP contribution in [0.5, 0.6) is 0 Å². The fraction of sp³-hybridized carbons (Fsp3) is 0.312. The zero-order valence-electron chi connectivity index (χ0n) is 12.4. The molecule has 1 aliphatic rings. The molecule has 2 aromatic rings. The molecular formula is C16H18N4OS. The Balaban J connectivity index is 2.00. The van der Waals surface area contributed by atoms with E-state index in [2.05, 4.69) is 10.4 Å². The normalized spacial score (nSPS) is 13.9.